The molecule has 0 saturated carbocycles. The maximum Gasteiger partial charge on any atom is 0.243 e. The minimum absolute atomic E-state index is 0.252. The second-order valence-corrected chi connectivity index (χ2v) is 6.77. The van der Waals surface area contributed by atoms with Crippen LogP contribution < -0.4 is 0 Å². The molecule has 3 rings (SSSR count). The first-order valence-corrected chi connectivity index (χ1v) is 8.06. The van der Waals surface area contributed by atoms with Gasteiger partial charge >= 0.3 is 0 Å². The summed E-state index contributed by atoms with van der Waals surface area (Å²) < 4.78 is 1.83. The Kier molecular flexibility index (Phi) is 3.78. The van der Waals surface area contributed by atoms with E-state index in [-0.39, 0.29) is 5.54 Å². The predicted molar refractivity (Wildman–Crippen MR) is 81.7 cm³/mol. The number of aromatic nitrogens is 2. The first-order chi connectivity index (χ1) is 10.0. The van der Waals surface area contributed by atoms with Crippen LogP contribution in [-0.4, -0.2) is 50.2 Å². The summed E-state index contributed by atoms with van der Waals surface area (Å²) in [6, 6.07) is 0.301. The van der Waals surface area contributed by atoms with Gasteiger partial charge in [-0.1, -0.05) is 0 Å². The van der Waals surface area contributed by atoms with Gasteiger partial charge in [-0.3, -0.25) is 14.4 Å². The SMILES string of the molecule is CC(C)N1CCCC2(CCCN2Cc2cnn(C)c2)C1=O. The van der Waals surface area contributed by atoms with Crippen molar-refractivity contribution < 1.29 is 4.79 Å². The van der Waals surface area contributed by atoms with E-state index >= 15 is 0 Å². The third kappa shape index (κ3) is 2.48. The molecule has 1 atom stereocenters. The zero-order valence-corrected chi connectivity index (χ0v) is 13.4. The van der Waals surface area contributed by atoms with E-state index in [0.717, 1.165) is 45.3 Å². The number of piperidine rings is 1. The van der Waals surface area contributed by atoms with Crippen molar-refractivity contribution in [3.05, 3.63) is 18.0 Å². The minimum Gasteiger partial charge on any atom is -0.339 e. The van der Waals surface area contributed by atoms with Gasteiger partial charge in [0.15, 0.2) is 0 Å². The van der Waals surface area contributed by atoms with E-state index in [9.17, 15) is 4.79 Å². The monoisotopic (exact) mass is 290 g/mol. The van der Waals surface area contributed by atoms with E-state index in [1.165, 1.54) is 5.56 Å². The lowest BCUT2D eigenvalue weighted by atomic mass is 9.84. The molecule has 2 aliphatic rings. The molecule has 1 spiro atoms. The van der Waals surface area contributed by atoms with Gasteiger partial charge in [0.1, 0.15) is 5.54 Å². The van der Waals surface area contributed by atoms with Crippen molar-refractivity contribution in [2.75, 3.05) is 13.1 Å². The Labute approximate surface area is 126 Å². The van der Waals surface area contributed by atoms with Crippen LogP contribution >= 0.6 is 0 Å². The number of nitrogens with zero attached hydrogens (tertiary/aromatic N) is 4. The maximum absolute atomic E-state index is 13.1. The van der Waals surface area contributed by atoms with E-state index in [4.69, 9.17) is 0 Å². The average molecular weight is 290 g/mol. The Hall–Kier alpha value is -1.36. The topological polar surface area (TPSA) is 41.4 Å². The average Bonchev–Trinajstić information content (AvgIpc) is 3.01. The molecule has 1 aromatic heterocycles. The third-order valence-electron chi connectivity index (χ3n) is 5.03. The smallest absolute Gasteiger partial charge is 0.243 e. The normalized spacial score (nSPS) is 27.2. The van der Waals surface area contributed by atoms with Crippen molar-refractivity contribution in [1.29, 1.82) is 0 Å². The van der Waals surface area contributed by atoms with Gasteiger partial charge in [-0.25, -0.2) is 0 Å². The molecule has 1 amide bonds. The van der Waals surface area contributed by atoms with Crippen molar-refractivity contribution in [1.82, 2.24) is 19.6 Å². The molecule has 1 aromatic rings. The lowest BCUT2D eigenvalue weighted by Gasteiger charge is -2.46. The molecule has 5 heteroatoms. The molecule has 2 fully saturated rings. The number of aryl methyl sites for hydroxylation is 1. The number of rotatable bonds is 3. The molecule has 21 heavy (non-hydrogen) atoms. The summed E-state index contributed by atoms with van der Waals surface area (Å²) in [6.07, 6.45) is 8.23. The van der Waals surface area contributed by atoms with Crippen LogP contribution in [0, 0.1) is 0 Å². The molecular formula is C16H26N4O. The van der Waals surface area contributed by atoms with Crippen LogP contribution in [0.5, 0.6) is 0 Å². The van der Waals surface area contributed by atoms with Crippen LogP contribution in [0.1, 0.15) is 45.1 Å². The van der Waals surface area contributed by atoms with E-state index in [2.05, 4.69) is 34.9 Å². The second-order valence-electron chi connectivity index (χ2n) is 6.77. The summed E-state index contributed by atoms with van der Waals surface area (Å²) in [5.74, 6) is 0.352. The second kappa shape index (κ2) is 5.44. The summed E-state index contributed by atoms with van der Waals surface area (Å²) in [5, 5.41) is 4.25. The molecule has 2 saturated heterocycles. The van der Waals surface area contributed by atoms with Crippen LogP contribution in [0.3, 0.4) is 0 Å². The van der Waals surface area contributed by atoms with Gasteiger partial charge in [-0.2, -0.15) is 5.10 Å². The molecule has 2 aliphatic heterocycles. The van der Waals surface area contributed by atoms with E-state index in [1.807, 2.05) is 17.9 Å². The first-order valence-electron chi connectivity index (χ1n) is 8.06. The third-order valence-corrected chi connectivity index (χ3v) is 5.03. The fourth-order valence-corrected chi connectivity index (χ4v) is 3.97. The number of carbonyl (C=O) groups excluding carboxylic acids is 1. The highest BCUT2D eigenvalue weighted by Gasteiger charge is 2.51. The summed E-state index contributed by atoms with van der Waals surface area (Å²) in [4.78, 5) is 17.5. The molecule has 0 radical (unpaired) electrons. The predicted octanol–water partition coefficient (Wildman–Crippen LogP) is 1.79. The van der Waals surface area contributed by atoms with Gasteiger partial charge in [0.05, 0.1) is 6.20 Å². The van der Waals surface area contributed by atoms with Crippen LogP contribution in [0.25, 0.3) is 0 Å². The zero-order valence-electron chi connectivity index (χ0n) is 13.4. The van der Waals surface area contributed by atoms with Gasteiger partial charge in [0.2, 0.25) is 5.91 Å². The van der Waals surface area contributed by atoms with Crippen LogP contribution in [0.2, 0.25) is 0 Å². The fourth-order valence-electron chi connectivity index (χ4n) is 3.97. The molecule has 0 aromatic carbocycles. The van der Waals surface area contributed by atoms with Crippen LogP contribution in [0.15, 0.2) is 12.4 Å². The Morgan fingerprint density at radius 2 is 2.00 bits per heavy atom. The first kappa shape index (κ1) is 14.6. The Morgan fingerprint density at radius 1 is 1.29 bits per heavy atom. The maximum atomic E-state index is 13.1. The van der Waals surface area contributed by atoms with Gasteiger partial charge in [0.25, 0.3) is 0 Å². The van der Waals surface area contributed by atoms with Crippen molar-refractivity contribution in [2.45, 2.75) is 57.7 Å². The summed E-state index contributed by atoms with van der Waals surface area (Å²) in [6.45, 7) is 7.02. The highest BCUT2D eigenvalue weighted by Crippen LogP contribution is 2.39. The summed E-state index contributed by atoms with van der Waals surface area (Å²) >= 11 is 0. The molecule has 1 unspecified atom stereocenters. The van der Waals surface area contributed by atoms with Crippen molar-refractivity contribution in [2.24, 2.45) is 7.05 Å². The number of carbonyl (C=O) groups is 1. The number of hydrogen-bond donors (Lipinski definition) is 0. The van der Waals surface area contributed by atoms with E-state index < -0.39 is 0 Å². The molecule has 5 nitrogen and oxygen atoms in total. The lowest BCUT2D eigenvalue weighted by molar-refractivity contribution is -0.149. The Balaban J connectivity index is 1.82. The van der Waals surface area contributed by atoms with E-state index in [0.29, 0.717) is 11.9 Å². The molecule has 116 valence electrons. The number of likely N-dealkylation sites (tertiary alicyclic amines) is 2. The van der Waals surface area contributed by atoms with Gasteiger partial charge in [0, 0.05) is 37.9 Å². The molecule has 0 N–H and O–H groups in total. The molecule has 3 heterocycles. The Bertz CT molecular complexity index is 524. The quantitative estimate of drug-likeness (QED) is 0.852. The van der Waals surface area contributed by atoms with Gasteiger partial charge in [-0.15, -0.1) is 0 Å². The van der Waals surface area contributed by atoms with Crippen molar-refractivity contribution in [3.8, 4) is 0 Å². The number of amides is 1. The highest BCUT2D eigenvalue weighted by atomic mass is 16.2. The zero-order chi connectivity index (χ0) is 15.0. The number of hydrogen-bond acceptors (Lipinski definition) is 3. The van der Waals surface area contributed by atoms with Gasteiger partial charge in [-0.05, 0) is 46.1 Å². The fraction of sp³-hybridized carbons (Fsp3) is 0.750. The summed E-state index contributed by atoms with van der Waals surface area (Å²) in [5.41, 5.74) is 0.950. The molecular weight excluding hydrogens is 264 g/mol. The highest BCUT2D eigenvalue weighted by molar-refractivity contribution is 5.87. The standard InChI is InChI=1S/C16H26N4O/c1-13(2)20-9-5-7-16(15(20)21)6-4-8-19(16)12-14-10-17-18(3)11-14/h10-11,13H,4-9,12H2,1-3H3. The van der Waals surface area contributed by atoms with Crippen LogP contribution in [0.4, 0.5) is 0 Å². The lowest BCUT2D eigenvalue weighted by Crippen LogP contribution is -2.61. The molecule has 0 bridgehead atoms. The van der Waals surface area contributed by atoms with Crippen LogP contribution in [-0.2, 0) is 18.4 Å². The largest absolute Gasteiger partial charge is 0.339 e. The van der Waals surface area contributed by atoms with E-state index in [1.54, 1.807) is 0 Å². The summed E-state index contributed by atoms with van der Waals surface area (Å²) in [7, 11) is 1.94. The minimum atomic E-state index is -0.252. The van der Waals surface area contributed by atoms with Gasteiger partial charge < -0.3 is 4.90 Å². The van der Waals surface area contributed by atoms with Crippen molar-refractivity contribution in [3.63, 3.8) is 0 Å². The molecule has 0 aliphatic carbocycles. The Morgan fingerprint density at radius 3 is 2.62 bits per heavy atom. The van der Waals surface area contributed by atoms with Crippen molar-refractivity contribution >= 4 is 5.91 Å².